The number of nitrogens with one attached hydrogen (secondary N) is 1. The van der Waals surface area contributed by atoms with Crippen LogP contribution in [0.4, 0.5) is 0 Å². The molecular formula is C13H22N2O2S. The Labute approximate surface area is 113 Å². The molecule has 2 rings (SSSR count). The van der Waals surface area contributed by atoms with Crippen molar-refractivity contribution >= 4 is 11.3 Å². The Balaban J connectivity index is 2.10. The van der Waals surface area contributed by atoms with E-state index in [0.29, 0.717) is 6.04 Å². The van der Waals surface area contributed by atoms with Crippen LogP contribution in [0.15, 0.2) is 11.6 Å². The van der Waals surface area contributed by atoms with Gasteiger partial charge in [-0.15, -0.1) is 11.3 Å². The minimum absolute atomic E-state index is 0.104. The number of aromatic nitrogens is 1. The highest BCUT2D eigenvalue weighted by atomic mass is 32.1. The minimum atomic E-state index is -0.104. The van der Waals surface area contributed by atoms with Gasteiger partial charge in [0.05, 0.1) is 10.6 Å². The molecule has 0 radical (unpaired) electrons. The Bertz CT molecular complexity index is 331. The first-order valence-electron chi connectivity index (χ1n) is 6.58. The van der Waals surface area contributed by atoms with Crippen LogP contribution in [0.3, 0.4) is 0 Å². The van der Waals surface area contributed by atoms with Crippen LogP contribution in [0.2, 0.25) is 0 Å². The lowest BCUT2D eigenvalue weighted by Crippen LogP contribution is -2.55. The van der Waals surface area contributed by atoms with Crippen molar-refractivity contribution in [3.05, 3.63) is 16.6 Å². The predicted molar refractivity (Wildman–Crippen MR) is 73.1 cm³/mol. The maximum atomic E-state index is 6.11. The SMILES string of the molecule is CCOC1(C(Cc2nccs2)NC)CCOCC1. The molecular weight excluding hydrogens is 248 g/mol. The van der Waals surface area contributed by atoms with Gasteiger partial charge in [-0.25, -0.2) is 4.98 Å². The van der Waals surface area contributed by atoms with Gasteiger partial charge in [-0.3, -0.25) is 0 Å². The van der Waals surface area contributed by atoms with E-state index in [4.69, 9.17) is 9.47 Å². The van der Waals surface area contributed by atoms with Gasteiger partial charge >= 0.3 is 0 Å². The van der Waals surface area contributed by atoms with Gasteiger partial charge in [0.15, 0.2) is 0 Å². The minimum Gasteiger partial charge on any atom is -0.381 e. The number of rotatable bonds is 6. The fourth-order valence-electron chi connectivity index (χ4n) is 2.68. The quantitative estimate of drug-likeness (QED) is 0.857. The summed E-state index contributed by atoms with van der Waals surface area (Å²) >= 11 is 1.71. The molecule has 1 atom stereocenters. The average Bonchev–Trinajstić information content (AvgIpc) is 2.90. The molecule has 0 bridgehead atoms. The van der Waals surface area contributed by atoms with Gasteiger partial charge in [0.25, 0.3) is 0 Å². The Hall–Kier alpha value is -0.490. The van der Waals surface area contributed by atoms with Crippen molar-refractivity contribution in [3.63, 3.8) is 0 Å². The highest BCUT2D eigenvalue weighted by Gasteiger charge is 2.40. The molecule has 0 spiro atoms. The summed E-state index contributed by atoms with van der Waals surface area (Å²) < 4.78 is 11.6. The van der Waals surface area contributed by atoms with Gasteiger partial charge in [0.2, 0.25) is 0 Å². The molecule has 18 heavy (non-hydrogen) atoms. The molecule has 2 heterocycles. The number of ether oxygens (including phenoxy) is 2. The van der Waals surface area contributed by atoms with E-state index in [2.05, 4.69) is 17.2 Å². The molecule has 1 saturated heterocycles. The van der Waals surface area contributed by atoms with Gasteiger partial charge in [-0.2, -0.15) is 0 Å². The molecule has 1 fully saturated rings. The maximum Gasteiger partial charge on any atom is 0.0941 e. The zero-order chi connectivity index (χ0) is 12.8. The zero-order valence-corrected chi connectivity index (χ0v) is 12.0. The highest BCUT2D eigenvalue weighted by Crippen LogP contribution is 2.31. The summed E-state index contributed by atoms with van der Waals surface area (Å²) in [5.74, 6) is 0. The van der Waals surface area contributed by atoms with Gasteiger partial charge in [0.1, 0.15) is 0 Å². The van der Waals surface area contributed by atoms with Crippen LogP contribution in [-0.2, 0) is 15.9 Å². The summed E-state index contributed by atoms with van der Waals surface area (Å²) in [4.78, 5) is 4.38. The van der Waals surface area contributed by atoms with E-state index in [-0.39, 0.29) is 5.60 Å². The summed E-state index contributed by atoms with van der Waals surface area (Å²) in [6, 6.07) is 0.299. The fourth-order valence-corrected chi connectivity index (χ4v) is 3.34. The predicted octanol–water partition coefficient (Wildman–Crippen LogP) is 1.86. The lowest BCUT2D eigenvalue weighted by molar-refractivity contribution is -0.125. The fraction of sp³-hybridized carbons (Fsp3) is 0.769. The Morgan fingerprint density at radius 3 is 2.89 bits per heavy atom. The lowest BCUT2D eigenvalue weighted by atomic mass is 9.84. The number of hydrogen-bond donors (Lipinski definition) is 1. The van der Waals surface area contributed by atoms with Crippen LogP contribution in [0.25, 0.3) is 0 Å². The largest absolute Gasteiger partial charge is 0.381 e. The van der Waals surface area contributed by atoms with E-state index in [1.165, 1.54) is 5.01 Å². The topological polar surface area (TPSA) is 43.4 Å². The first-order valence-corrected chi connectivity index (χ1v) is 7.46. The molecule has 1 aliphatic heterocycles. The van der Waals surface area contributed by atoms with Crippen molar-refractivity contribution in [2.45, 2.75) is 37.8 Å². The second kappa shape index (κ2) is 6.61. The van der Waals surface area contributed by atoms with Gasteiger partial charge in [-0.1, -0.05) is 0 Å². The first kappa shape index (κ1) is 13.9. The molecule has 1 aromatic rings. The maximum absolute atomic E-state index is 6.11. The Kier molecular flexibility index (Phi) is 5.12. The van der Waals surface area contributed by atoms with E-state index < -0.39 is 0 Å². The van der Waals surface area contributed by atoms with E-state index in [1.807, 2.05) is 18.6 Å². The van der Waals surface area contributed by atoms with Crippen molar-refractivity contribution in [1.29, 1.82) is 0 Å². The van der Waals surface area contributed by atoms with Gasteiger partial charge in [0, 0.05) is 56.7 Å². The van der Waals surface area contributed by atoms with E-state index in [9.17, 15) is 0 Å². The average molecular weight is 270 g/mol. The third-order valence-electron chi connectivity index (χ3n) is 3.62. The standard InChI is InChI=1S/C13H22N2O2S/c1-3-17-13(4-7-16-8-5-13)11(14-2)10-12-15-6-9-18-12/h6,9,11,14H,3-5,7-8,10H2,1-2H3. The summed E-state index contributed by atoms with van der Waals surface area (Å²) in [6.45, 7) is 4.38. The summed E-state index contributed by atoms with van der Waals surface area (Å²) in [7, 11) is 2.01. The van der Waals surface area contributed by atoms with E-state index >= 15 is 0 Å². The van der Waals surface area contributed by atoms with E-state index in [1.54, 1.807) is 11.3 Å². The van der Waals surface area contributed by atoms with Crippen LogP contribution in [0.5, 0.6) is 0 Å². The Morgan fingerprint density at radius 1 is 1.56 bits per heavy atom. The molecule has 102 valence electrons. The lowest BCUT2D eigenvalue weighted by Gasteiger charge is -2.42. The molecule has 5 heteroatoms. The molecule has 1 aromatic heterocycles. The second-order valence-corrected chi connectivity index (χ2v) is 5.56. The molecule has 4 nitrogen and oxygen atoms in total. The Morgan fingerprint density at radius 2 is 2.33 bits per heavy atom. The molecule has 1 unspecified atom stereocenters. The number of thiazole rings is 1. The number of likely N-dealkylation sites (N-methyl/N-ethyl adjacent to an activating group) is 1. The molecule has 0 amide bonds. The van der Waals surface area contributed by atoms with Crippen molar-refractivity contribution < 1.29 is 9.47 Å². The third kappa shape index (κ3) is 3.09. The summed E-state index contributed by atoms with van der Waals surface area (Å²) in [5, 5.41) is 6.62. The molecule has 1 aliphatic rings. The van der Waals surface area contributed by atoms with Crippen LogP contribution in [-0.4, -0.2) is 43.5 Å². The van der Waals surface area contributed by atoms with Crippen LogP contribution >= 0.6 is 11.3 Å². The van der Waals surface area contributed by atoms with Crippen molar-refractivity contribution in [2.24, 2.45) is 0 Å². The van der Waals surface area contributed by atoms with Crippen LogP contribution < -0.4 is 5.32 Å². The van der Waals surface area contributed by atoms with Crippen molar-refractivity contribution in [3.8, 4) is 0 Å². The molecule has 0 aromatic carbocycles. The first-order chi connectivity index (χ1) is 8.80. The smallest absolute Gasteiger partial charge is 0.0941 e. The third-order valence-corrected chi connectivity index (χ3v) is 4.42. The number of hydrogen-bond acceptors (Lipinski definition) is 5. The normalized spacial score (nSPS) is 20.8. The zero-order valence-electron chi connectivity index (χ0n) is 11.1. The number of nitrogens with zero attached hydrogens (tertiary/aromatic N) is 1. The highest BCUT2D eigenvalue weighted by molar-refractivity contribution is 7.09. The van der Waals surface area contributed by atoms with Gasteiger partial charge < -0.3 is 14.8 Å². The van der Waals surface area contributed by atoms with Gasteiger partial charge in [-0.05, 0) is 14.0 Å². The van der Waals surface area contributed by atoms with Crippen molar-refractivity contribution in [2.75, 3.05) is 26.9 Å². The van der Waals surface area contributed by atoms with Crippen LogP contribution in [0.1, 0.15) is 24.8 Å². The molecule has 0 aliphatic carbocycles. The summed E-state index contributed by atoms with van der Waals surface area (Å²) in [6.07, 6.45) is 4.70. The molecule has 1 N–H and O–H groups in total. The van der Waals surface area contributed by atoms with Crippen molar-refractivity contribution in [1.82, 2.24) is 10.3 Å². The van der Waals surface area contributed by atoms with Crippen LogP contribution in [0, 0.1) is 0 Å². The summed E-state index contributed by atoms with van der Waals surface area (Å²) in [5.41, 5.74) is -0.104. The second-order valence-electron chi connectivity index (χ2n) is 4.58. The molecule has 0 saturated carbocycles. The monoisotopic (exact) mass is 270 g/mol. The van der Waals surface area contributed by atoms with E-state index in [0.717, 1.165) is 39.1 Å².